The summed E-state index contributed by atoms with van der Waals surface area (Å²) in [6.45, 7) is 4.09. The first-order valence-electron chi connectivity index (χ1n) is 7.67. The maximum atomic E-state index is 5.67. The summed E-state index contributed by atoms with van der Waals surface area (Å²) < 4.78 is 5.67. The average Bonchev–Trinajstić information content (AvgIpc) is 2.50. The Balaban J connectivity index is 1.92. The highest BCUT2D eigenvalue weighted by atomic mass is 16.5. The van der Waals surface area contributed by atoms with E-state index in [4.69, 9.17) is 4.74 Å². The van der Waals surface area contributed by atoms with Crippen LogP contribution in [0.4, 0.5) is 0 Å². The van der Waals surface area contributed by atoms with Gasteiger partial charge in [0, 0.05) is 6.04 Å². The summed E-state index contributed by atoms with van der Waals surface area (Å²) in [6, 6.07) is 19.5. The summed E-state index contributed by atoms with van der Waals surface area (Å²) in [7, 11) is 2.03. The normalized spacial score (nSPS) is 12.4. The highest BCUT2D eigenvalue weighted by Crippen LogP contribution is 2.20. The highest BCUT2D eigenvalue weighted by molar-refractivity contribution is 5.28. The molecule has 0 radical (unpaired) electrons. The molecule has 0 saturated heterocycles. The SMILES string of the molecule is CNC(CCc1ccc(OC(C)C)cc1)c1ccccc1. The van der Waals surface area contributed by atoms with Crippen molar-refractivity contribution in [3.63, 3.8) is 0 Å². The van der Waals surface area contributed by atoms with Crippen molar-refractivity contribution >= 4 is 0 Å². The van der Waals surface area contributed by atoms with E-state index in [1.807, 2.05) is 20.9 Å². The molecule has 0 aliphatic rings. The molecule has 2 rings (SSSR count). The van der Waals surface area contributed by atoms with Crippen LogP contribution in [-0.4, -0.2) is 13.2 Å². The van der Waals surface area contributed by atoms with E-state index in [0.29, 0.717) is 6.04 Å². The zero-order valence-electron chi connectivity index (χ0n) is 13.2. The summed E-state index contributed by atoms with van der Waals surface area (Å²) in [5.74, 6) is 0.946. The van der Waals surface area contributed by atoms with Crippen LogP contribution in [0.2, 0.25) is 0 Å². The van der Waals surface area contributed by atoms with Crippen molar-refractivity contribution in [3.8, 4) is 5.75 Å². The number of hydrogen-bond acceptors (Lipinski definition) is 2. The number of hydrogen-bond donors (Lipinski definition) is 1. The van der Waals surface area contributed by atoms with E-state index in [2.05, 4.69) is 59.9 Å². The van der Waals surface area contributed by atoms with Gasteiger partial charge in [0.05, 0.1) is 6.10 Å². The van der Waals surface area contributed by atoms with E-state index in [9.17, 15) is 0 Å². The maximum Gasteiger partial charge on any atom is 0.119 e. The lowest BCUT2D eigenvalue weighted by atomic mass is 9.99. The van der Waals surface area contributed by atoms with Gasteiger partial charge in [0.15, 0.2) is 0 Å². The number of ether oxygens (including phenoxy) is 1. The van der Waals surface area contributed by atoms with Gasteiger partial charge in [-0.2, -0.15) is 0 Å². The Labute approximate surface area is 128 Å². The molecule has 0 fully saturated rings. The highest BCUT2D eigenvalue weighted by Gasteiger charge is 2.08. The molecule has 1 unspecified atom stereocenters. The quantitative estimate of drug-likeness (QED) is 0.815. The molecule has 21 heavy (non-hydrogen) atoms. The van der Waals surface area contributed by atoms with E-state index < -0.39 is 0 Å². The molecule has 1 atom stereocenters. The van der Waals surface area contributed by atoms with Gasteiger partial charge in [0.1, 0.15) is 5.75 Å². The molecule has 112 valence electrons. The van der Waals surface area contributed by atoms with Crippen LogP contribution in [0.3, 0.4) is 0 Å². The second-order valence-electron chi connectivity index (χ2n) is 5.60. The van der Waals surface area contributed by atoms with E-state index in [0.717, 1.165) is 18.6 Å². The number of benzene rings is 2. The summed E-state index contributed by atoms with van der Waals surface area (Å²) in [6.07, 6.45) is 2.37. The van der Waals surface area contributed by atoms with Gasteiger partial charge in [-0.1, -0.05) is 42.5 Å². The van der Waals surface area contributed by atoms with E-state index >= 15 is 0 Å². The van der Waals surface area contributed by atoms with Crippen molar-refractivity contribution in [1.29, 1.82) is 0 Å². The third-order valence-corrected chi connectivity index (χ3v) is 3.57. The van der Waals surface area contributed by atoms with Crippen LogP contribution in [0.1, 0.15) is 37.4 Å². The molecule has 0 aliphatic carbocycles. The van der Waals surface area contributed by atoms with E-state index in [1.54, 1.807) is 0 Å². The minimum Gasteiger partial charge on any atom is -0.491 e. The Kier molecular flexibility index (Phi) is 5.82. The topological polar surface area (TPSA) is 21.3 Å². The molecular formula is C19H25NO. The Morgan fingerprint density at radius 1 is 0.952 bits per heavy atom. The first kappa shape index (κ1) is 15.6. The Bertz CT molecular complexity index is 519. The second-order valence-corrected chi connectivity index (χ2v) is 5.60. The van der Waals surface area contributed by atoms with Gasteiger partial charge in [-0.05, 0) is 57.0 Å². The maximum absolute atomic E-state index is 5.67. The van der Waals surface area contributed by atoms with Crippen LogP contribution >= 0.6 is 0 Å². The Morgan fingerprint density at radius 2 is 1.62 bits per heavy atom. The Hall–Kier alpha value is -1.80. The third kappa shape index (κ3) is 4.91. The van der Waals surface area contributed by atoms with Gasteiger partial charge in [-0.15, -0.1) is 0 Å². The van der Waals surface area contributed by atoms with Gasteiger partial charge in [0.2, 0.25) is 0 Å². The minimum absolute atomic E-state index is 0.225. The van der Waals surface area contributed by atoms with Gasteiger partial charge >= 0.3 is 0 Å². The predicted octanol–water partition coefficient (Wildman–Crippen LogP) is 4.37. The van der Waals surface area contributed by atoms with Crippen molar-refractivity contribution in [3.05, 3.63) is 65.7 Å². The molecule has 0 saturated carbocycles. The fraction of sp³-hybridized carbons (Fsp3) is 0.368. The lowest BCUT2D eigenvalue weighted by Crippen LogP contribution is -2.17. The lowest BCUT2D eigenvalue weighted by Gasteiger charge is -2.17. The van der Waals surface area contributed by atoms with Crippen LogP contribution in [0.15, 0.2) is 54.6 Å². The standard InChI is InChI=1S/C19H25NO/c1-15(2)21-18-12-9-16(10-13-18)11-14-19(20-3)17-7-5-4-6-8-17/h4-10,12-13,15,19-20H,11,14H2,1-3H3. The van der Waals surface area contributed by atoms with Crippen LogP contribution in [0.5, 0.6) is 5.75 Å². The summed E-state index contributed by atoms with van der Waals surface area (Å²) >= 11 is 0. The van der Waals surface area contributed by atoms with Crippen molar-refractivity contribution < 1.29 is 4.74 Å². The van der Waals surface area contributed by atoms with E-state index in [1.165, 1.54) is 11.1 Å². The molecule has 0 spiro atoms. The molecule has 2 nitrogen and oxygen atoms in total. The van der Waals surface area contributed by atoms with Crippen LogP contribution in [0.25, 0.3) is 0 Å². The largest absolute Gasteiger partial charge is 0.491 e. The predicted molar refractivity (Wildman–Crippen MR) is 88.8 cm³/mol. The molecular weight excluding hydrogens is 258 g/mol. The zero-order valence-corrected chi connectivity index (χ0v) is 13.2. The van der Waals surface area contributed by atoms with Crippen molar-refractivity contribution in [2.45, 2.75) is 38.8 Å². The van der Waals surface area contributed by atoms with Crippen molar-refractivity contribution in [2.75, 3.05) is 7.05 Å². The van der Waals surface area contributed by atoms with E-state index in [-0.39, 0.29) is 6.10 Å². The number of nitrogens with one attached hydrogen (secondary N) is 1. The van der Waals surface area contributed by atoms with Gasteiger partial charge < -0.3 is 10.1 Å². The molecule has 2 heteroatoms. The molecule has 2 aromatic carbocycles. The molecule has 0 heterocycles. The van der Waals surface area contributed by atoms with Gasteiger partial charge in [0.25, 0.3) is 0 Å². The summed E-state index contributed by atoms with van der Waals surface area (Å²) in [4.78, 5) is 0. The number of aryl methyl sites for hydroxylation is 1. The molecule has 2 aromatic rings. The van der Waals surface area contributed by atoms with Gasteiger partial charge in [-0.25, -0.2) is 0 Å². The zero-order chi connectivity index (χ0) is 15.1. The van der Waals surface area contributed by atoms with Crippen LogP contribution in [-0.2, 0) is 6.42 Å². The van der Waals surface area contributed by atoms with Crippen LogP contribution in [0, 0.1) is 0 Å². The summed E-state index contributed by atoms with van der Waals surface area (Å²) in [5, 5.41) is 3.40. The first-order valence-corrected chi connectivity index (χ1v) is 7.67. The molecule has 0 aromatic heterocycles. The molecule has 0 amide bonds. The Morgan fingerprint density at radius 3 is 2.19 bits per heavy atom. The van der Waals surface area contributed by atoms with Crippen LogP contribution < -0.4 is 10.1 Å². The second kappa shape index (κ2) is 7.84. The smallest absolute Gasteiger partial charge is 0.119 e. The molecule has 0 aliphatic heterocycles. The summed E-state index contributed by atoms with van der Waals surface area (Å²) in [5.41, 5.74) is 2.70. The van der Waals surface area contributed by atoms with Crippen molar-refractivity contribution in [2.24, 2.45) is 0 Å². The third-order valence-electron chi connectivity index (χ3n) is 3.57. The minimum atomic E-state index is 0.225. The lowest BCUT2D eigenvalue weighted by molar-refractivity contribution is 0.242. The van der Waals surface area contributed by atoms with Gasteiger partial charge in [-0.3, -0.25) is 0 Å². The average molecular weight is 283 g/mol. The molecule has 0 bridgehead atoms. The monoisotopic (exact) mass is 283 g/mol. The fourth-order valence-corrected chi connectivity index (χ4v) is 2.48. The van der Waals surface area contributed by atoms with Crippen molar-refractivity contribution in [1.82, 2.24) is 5.32 Å². The molecule has 1 N–H and O–H groups in total. The fourth-order valence-electron chi connectivity index (χ4n) is 2.48. The first-order chi connectivity index (χ1) is 10.2. The number of rotatable bonds is 7.